The van der Waals surface area contributed by atoms with Crippen LogP contribution in [0.1, 0.15) is 29.1 Å². The monoisotopic (exact) mass is 302 g/mol. The van der Waals surface area contributed by atoms with Gasteiger partial charge in [0.15, 0.2) is 9.84 Å². The van der Waals surface area contributed by atoms with Crippen LogP contribution in [0.2, 0.25) is 0 Å². The summed E-state index contributed by atoms with van der Waals surface area (Å²) in [6, 6.07) is 4.44. The molecule has 6 heteroatoms. The van der Waals surface area contributed by atoms with Crippen molar-refractivity contribution in [3.63, 3.8) is 0 Å². The molecule has 108 valence electrons. The van der Waals surface area contributed by atoms with E-state index < -0.39 is 9.84 Å². The molecule has 0 spiro atoms. The van der Waals surface area contributed by atoms with Gasteiger partial charge in [0.25, 0.3) is 0 Å². The first kappa shape index (κ1) is 15.0. The van der Waals surface area contributed by atoms with Crippen molar-refractivity contribution in [2.24, 2.45) is 5.73 Å². The number of hydrogen-bond donors (Lipinski definition) is 1. The van der Waals surface area contributed by atoms with E-state index in [-0.39, 0.29) is 23.6 Å². The van der Waals surface area contributed by atoms with Crippen LogP contribution >= 0.6 is 11.3 Å². The lowest BCUT2D eigenvalue weighted by molar-refractivity contribution is 0.186. The fourth-order valence-electron chi connectivity index (χ4n) is 2.50. The van der Waals surface area contributed by atoms with Crippen LogP contribution in [0.5, 0.6) is 0 Å². The summed E-state index contributed by atoms with van der Waals surface area (Å²) in [5.74, 6) is 0.509. The molecule has 1 fully saturated rings. The Kier molecular flexibility index (Phi) is 4.66. The van der Waals surface area contributed by atoms with E-state index in [4.69, 9.17) is 5.73 Å². The van der Waals surface area contributed by atoms with Crippen LogP contribution in [-0.4, -0.2) is 44.0 Å². The number of aryl methyl sites for hydroxylation is 1. The average molecular weight is 302 g/mol. The lowest BCUT2D eigenvalue weighted by atomic mass is 10.0. The third kappa shape index (κ3) is 3.56. The molecule has 19 heavy (non-hydrogen) atoms. The molecule has 0 bridgehead atoms. The molecule has 0 amide bonds. The third-order valence-electron chi connectivity index (χ3n) is 3.70. The molecule has 2 heterocycles. The maximum absolute atomic E-state index is 11.5. The Hall–Kier alpha value is -0.430. The Morgan fingerprint density at radius 3 is 2.47 bits per heavy atom. The topological polar surface area (TPSA) is 63.4 Å². The third-order valence-corrected chi connectivity index (χ3v) is 6.38. The summed E-state index contributed by atoms with van der Waals surface area (Å²) in [6.07, 6.45) is 0.894. The number of nitrogens with zero attached hydrogens (tertiary/aromatic N) is 1. The van der Waals surface area contributed by atoms with Crippen LogP contribution in [0.3, 0.4) is 0 Å². The summed E-state index contributed by atoms with van der Waals surface area (Å²) in [5.41, 5.74) is 6.27. The van der Waals surface area contributed by atoms with Gasteiger partial charge in [-0.05, 0) is 25.5 Å². The van der Waals surface area contributed by atoms with Gasteiger partial charge in [-0.25, -0.2) is 8.42 Å². The van der Waals surface area contributed by atoms with Crippen molar-refractivity contribution in [2.75, 3.05) is 24.6 Å². The van der Waals surface area contributed by atoms with Crippen LogP contribution in [0.25, 0.3) is 0 Å². The first-order valence-electron chi connectivity index (χ1n) is 6.69. The Labute approximate surface area is 119 Å². The Bertz CT molecular complexity index is 511. The van der Waals surface area contributed by atoms with E-state index in [9.17, 15) is 8.42 Å². The molecule has 1 aromatic heterocycles. The van der Waals surface area contributed by atoms with Crippen molar-refractivity contribution >= 4 is 21.2 Å². The van der Waals surface area contributed by atoms with Gasteiger partial charge in [-0.1, -0.05) is 6.92 Å². The van der Waals surface area contributed by atoms with E-state index in [1.165, 1.54) is 9.75 Å². The maximum atomic E-state index is 11.5. The number of thiophene rings is 1. The molecule has 0 aromatic carbocycles. The molecule has 2 unspecified atom stereocenters. The van der Waals surface area contributed by atoms with E-state index in [0.717, 1.165) is 6.42 Å². The summed E-state index contributed by atoms with van der Waals surface area (Å²) in [4.78, 5) is 4.76. The van der Waals surface area contributed by atoms with Crippen LogP contribution < -0.4 is 5.73 Å². The zero-order valence-electron chi connectivity index (χ0n) is 11.5. The number of rotatable bonds is 4. The number of hydrogen-bond acceptors (Lipinski definition) is 5. The molecule has 0 radical (unpaired) electrons. The highest BCUT2D eigenvalue weighted by atomic mass is 32.2. The molecule has 0 saturated carbocycles. The molecule has 1 aromatic rings. The Morgan fingerprint density at radius 2 is 2.00 bits per heavy atom. The standard InChI is InChI=1S/C13H22N2O2S2/c1-3-11(14)13(12-5-4-10(2)18-12)15-6-8-19(16,17)9-7-15/h4-5,11,13H,3,6-9,14H2,1-2H3. The van der Waals surface area contributed by atoms with E-state index in [1.807, 2.05) is 0 Å². The summed E-state index contributed by atoms with van der Waals surface area (Å²) in [5, 5.41) is 0. The van der Waals surface area contributed by atoms with Gasteiger partial charge in [0.05, 0.1) is 17.5 Å². The molecule has 4 nitrogen and oxygen atoms in total. The van der Waals surface area contributed by atoms with Gasteiger partial charge in [0.2, 0.25) is 0 Å². The van der Waals surface area contributed by atoms with Gasteiger partial charge in [-0.3, -0.25) is 4.90 Å². The quantitative estimate of drug-likeness (QED) is 0.917. The fourth-order valence-corrected chi connectivity index (χ4v) is 4.82. The Balaban J connectivity index is 2.19. The molecular weight excluding hydrogens is 280 g/mol. The summed E-state index contributed by atoms with van der Waals surface area (Å²) >= 11 is 1.76. The molecular formula is C13H22N2O2S2. The first-order valence-corrected chi connectivity index (χ1v) is 9.33. The van der Waals surface area contributed by atoms with Gasteiger partial charge in [0, 0.05) is 28.9 Å². The molecule has 1 saturated heterocycles. The molecule has 1 aliphatic heterocycles. The van der Waals surface area contributed by atoms with Gasteiger partial charge in [-0.2, -0.15) is 0 Å². The van der Waals surface area contributed by atoms with Gasteiger partial charge in [-0.15, -0.1) is 11.3 Å². The summed E-state index contributed by atoms with van der Waals surface area (Å²) < 4.78 is 23.1. The molecule has 2 N–H and O–H groups in total. The van der Waals surface area contributed by atoms with E-state index in [1.54, 1.807) is 11.3 Å². The first-order chi connectivity index (χ1) is 8.93. The van der Waals surface area contributed by atoms with E-state index in [0.29, 0.717) is 13.1 Å². The molecule has 1 aliphatic rings. The van der Waals surface area contributed by atoms with Crippen LogP contribution in [0.4, 0.5) is 0 Å². The van der Waals surface area contributed by atoms with Crippen LogP contribution in [0, 0.1) is 6.92 Å². The highest BCUT2D eigenvalue weighted by Crippen LogP contribution is 2.31. The van der Waals surface area contributed by atoms with Crippen molar-refractivity contribution in [3.05, 3.63) is 21.9 Å². The minimum atomic E-state index is -2.84. The van der Waals surface area contributed by atoms with Crippen molar-refractivity contribution in [1.82, 2.24) is 4.90 Å². The second-order valence-corrected chi connectivity index (χ2v) is 8.78. The van der Waals surface area contributed by atoms with E-state index in [2.05, 4.69) is 30.9 Å². The highest BCUT2D eigenvalue weighted by Gasteiger charge is 2.31. The average Bonchev–Trinajstić information content (AvgIpc) is 2.78. The van der Waals surface area contributed by atoms with Crippen molar-refractivity contribution < 1.29 is 8.42 Å². The van der Waals surface area contributed by atoms with Crippen molar-refractivity contribution in [2.45, 2.75) is 32.4 Å². The van der Waals surface area contributed by atoms with E-state index >= 15 is 0 Å². The van der Waals surface area contributed by atoms with Gasteiger partial charge < -0.3 is 5.73 Å². The normalized spacial score (nSPS) is 23.1. The lowest BCUT2D eigenvalue weighted by Crippen LogP contribution is -2.47. The lowest BCUT2D eigenvalue weighted by Gasteiger charge is -2.37. The second-order valence-electron chi connectivity index (χ2n) is 5.15. The minimum absolute atomic E-state index is 0.0545. The molecule has 2 atom stereocenters. The zero-order valence-corrected chi connectivity index (χ0v) is 13.1. The fraction of sp³-hybridized carbons (Fsp3) is 0.692. The zero-order chi connectivity index (χ0) is 14.0. The van der Waals surface area contributed by atoms with Crippen molar-refractivity contribution in [3.8, 4) is 0 Å². The SMILES string of the molecule is CCC(N)C(c1ccc(C)s1)N1CCS(=O)(=O)CC1. The predicted octanol–water partition coefficient (Wildman–Crippen LogP) is 1.57. The van der Waals surface area contributed by atoms with Crippen LogP contribution in [0.15, 0.2) is 12.1 Å². The summed E-state index contributed by atoms with van der Waals surface area (Å²) in [7, 11) is -2.84. The van der Waals surface area contributed by atoms with Crippen molar-refractivity contribution in [1.29, 1.82) is 0 Å². The number of nitrogens with two attached hydrogens (primary N) is 1. The predicted molar refractivity (Wildman–Crippen MR) is 80.3 cm³/mol. The molecule has 2 rings (SSSR count). The maximum Gasteiger partial charge on any atom is 0.152 e. The largest absolute Gasteiger partial charge is 0.326 e. The number of sulfone groups is 1. The van der Waals surface area contributed by atoms with Gasteiger partial charge in [0.1, 0.15) is 0 Å². The smallest absolute Gasteiger partial charge is 0.152 e. The highest BCUT2D eigenvalue weighted by molar-refractivity contribution is 7.91. The summed E-state index contributed by atoms with van der Waals surface area (Å²) in [6.45, 7) is 5.36. The van der Waals surface area contributed by atoms with Gasteiger partial charge >= 0.3 is 0 Å². The minimum Gasteiger partial charge on any atom is -0.326 e. The second kappa shape index (κ2) is 5.91. The molecule has 0 aliphatic carbocycles. The van der Waals surface area contributed by atoms with Crippen LogP contribution in [-0.2, 0) is 9.84 Å². The Morgan fingerprint density at radius 1 is 1.37 bits per heavy atom.